The van der Waals surface area contributed by atoms with Gasteiger partial charge < -0.3 is 9.47 Å². The first-order valence-electron chi connectivity index (χ1n) is 9.17. The summed E-state index contributed by atoms with van der Waals surface area (Å²) in [4.78, 5) is 27.0. The Balaban J connectivity index is 1.85. The summed E-state index contributed by atoms with van der Waals surface area (Å²) in [5.74, 6) is 0.237. The van der Waals surface area contributed by atoms with E-state index < -0.39 is 0 Å². The molecule has 1 aliphatic carbocycles. The fraction of sp³-hybridized carbons (Fsp3) is 0.500. The van der Waals surface area contributed by atoms with Crippen LogP contribution in [0.5, 0.6) is 0 Å². The zero-order chi connectivity index (χ0) is 18.4. The number of benzene rings is 1. The Hall–Kier alpha value is -2.34. The van der Waals surface area contributed by atoms with E-state index in [0.29, 0.717) is 12.5 Å². The van der Waals surface area contributed by atoms with Gasteiger partial charge in [0, 0.05) is 17.1 Å². The quantitative estimate of drug-likeness (QED) is 0.774. The van der Waals surface area contributed by atoms with Gasteiger partial charge in [-0.1, -0.05) is 18.2 Å². The number of methoxy groups -OCH3 is 1. The third kappa shape index (κ3) is 2.35. The fourth-order valence-corrected chi connectivity index (χ4v) is 4.84. The van der Waals surface area contributed by atoms with Gasteiger partial charge in [0.25, 0.3) is 0 Å². The molecule has 2 aliphatic rings. The van der Waals surface area contributed by atoms with Crippen LogP contribution in [0.2, 0.25) is 0 Å². The van der Waals surface area contributed by atoms with Gasteiger partial charge in [0.2, 0.25) is 0 Å². The van der Waals surface area contributed by atoms with Gasteiger partial charge >= 0.3 is 12.1 Å². The van der Waals surface area contributed by atoms with Crippen molar-refractivity contribution in [3.05, 3.63) is 35.5 Å². The zero-order valence-electron chi connectivity index (χ0n) is 15.4. The Morgan fingerprint density at radius 3 is 2.77 bits per heavy atom. The summed E-state index contributed by atoms with van der Waals surface area (Å²) in [7, 11) is 3.40. The molecule has 1 aliphatic heterocycles. The van der Waals surface area contributed by atoms with Gasteiger partial charge in [-0.15, -0.1) is 0 Å². The van der Waals surface area contributed by atoms with Gasteiger partial charge in [-0.25, -0.2) is 9.36 Å². The average Bonchev–Trinajstić information content (AvgIpc) is 3.16. The van der Waals surface area contributed by atoms with E-state index in [9.17, 15) is 9.59 Å². The molecule has 6 nitrogen and oxygen atoms in total. The first kappa shape index (κ1) is 17.1. The molecule has 0 N–H and O–H groups in total. The molecule has 3 atom stereocenters. The number of hydrogen-bond acceptors (Lipinski definition) is 5. The Morgan fingerprint density at radius 1 is 1.27 bits per heavy atom. The van der Waals surface area contributed by atoms with Crippen LogP contribution in [-0.4, -0.2) is 48.3 Å². The standard InChI is InChI=1S/C20H24N2O4/c1-4-26-19(23)16-11-12-9-10-15-17(18(12)21(16)2)13-7-5-6-8-14(13)22(15)20(24)25-3/h5-8,12,16,18H,4,9-11H2,1-3H3. The number of carbonyl (C=O) groups excluding carboxylic acids is 2. The summed E-state index contributed by atoms with van der Waals surface area (Å²) < 4.78 is 12.0. The normalized spacial score (nSPS) is 25.0. The number of rotatable bonds is 2. The van der Waals surface area contributed by atoms with Crippen LogP contribution in [-0.2, 0) is 20.7 Å². The lowest BCUT2D eigenvalue weighted by Gasteiger charge is -2.31. The molecule has 26 heavy (non-hydrogen) atoms. The Labute approximate surface area is 152 Å². The summed E-state index contributed by atoms with van der Waals surface area (Å²) in [6.45, 7) is 2.23. The van der Waals surface area contributed by atoms with Crippen molar-refractivity contribution >= 4 is 23.0 Å². The number of para-hydroxylation sites is 1. The van der Waals surface area contributed by atoms with Crippen LogP contribution in [0.25, 0.3) is 10.9 Å². The van der Waals surface area contributed by atoms with Crippen LogP contribution in [0.1, 0.15) is 37.1 Å². The Kier molecular flexibility index (Phi) is 4.23. The molecule has 1 aromatic carbocycles. The molecule has 4 rings (SSSR count). The van der Waals surface area contributed by atoms with E-state index in [-0.39, 0.29) is 24.1 Å². The third-order valence-corrected chi connectivity index (χ3v) is 5.88. The fourth-order valence-electron chi connectivity index (χ4n) is 4.84. The minimum Gasteiger partial charge on any atom is -0.465 e. The summed E-state index contributed by atoms with van der Waals surface area (Å²) >= 11 is 0. The summed E-state index contributed by atoms with van der Waals surface area (Å²) in [5.41, 5.74) is 3.05. The molecule has 0 bridgehead atoms. The predicted octanol–water partition coefficient (Wildman–Crippen LogP) is 3.13. The highest BCUT2D eigenvalue weighted by Gasteiger charge is 2.48. The molecule has 0 spiro atoms. The summed E-state index contributed by atoms with van der Waals surface area (Å²) in [6.07, 6.45) is 2.20. The van der Waals surface area contributed by atoms with Gasteiger partial charge in [-0.2, -0.15) is 0 Å². The lowest BCUT2D eigenvalue weighted by molar-refractivity contribution is -0.148. The molecular weight excluding hydrogens is 332 g/mol. The molecule has 2 heterocycles. The van der Waals surface area contributed by atoms with Crippen molar-refractivity contribution in [1.82, 2.24) is 9.47 Å². The van der Waals surface area contributed by atoms with Gasteiger partial charge in [-0.3, -0.25) is 9.69 Å². The SMILES string of the molecule is CCOC(=O)C1CC2CCc3c(c4ccccc4n3C(=O)OC)C2N1C. The number of likely N-dealkylation sites (tertiary alicyclic amines) is 1. The maximum absolute atomic E-state index is 12.4. The maximum Gasteiger partial charge on any atom is 0.418 e. The van der Waals surface area contributed by atoms with Crippen LogP contribution >= 0.6 is 0 Å². The molecule has 0 saturated carbocycles. The largest absolute Gasteiger partial charge is 0.465 e. The van der Waals surface area contributed by atoms with Crippen LogP contribution in [0, 0.1) is 5.92 Å². The summed E-state index contributed by atoms with van der Waals surface area (Å²) in [5, 5.41) is 1.07. The lowest BCUT2D eigenvalue weighted by atomic mass is 9.82. The highest BCUT2D eigenvalue weighted by molar-refractivity contribution is 5.94. The van der Waals surface area contributed by atoms with Crippen molar-refractivity contribution in [2.75, 3.05) is 20.8 Å². The molecule has 1 fully saturated rings. The van der Waals surface area contributed by atoms with Gasteiger partial charge in [0.15, 0.2) is 0 Å². The highest BCUT2D eigenvalue weighted by Crippen LogP contribution is 2.50. The van der Waals surface area contributed by atoms with Crippen molar-refractivity contribution < 1.29 is 19.1 Å². The Bertz CT molecular complexity index is 872. The molecule has 6 heteroatoms. The van der Waals surface area contributed by atoms with Crippen LogP contribution < -0.4 is 0 Å². The second-order valence-electron chi connectivity index (χ2n) is 7.10. The van der Waals surface area contributed by atoms with Crippen molar-refractivity contribution in [2.45, 2.75) is 38.3 Å². The second kappa shape index (κ2) is 6.43. The van der Waals surface area contributed by atoms with E-state index in [1.54, 1.807) is 4.57 Å². The van der Waals surface area contributed by atoms with Crippen LogP contribution in [0.3, 0.4) is 0 Å². The van der Waals surface area contributed by atoms with E-state index in [0.717, 1.165) is 41.4 Å². The van der Waals surface area contributed by atoms with E-state index in [1.807, 2.05) is 32.2 Å². The monoisotopic (exact) mass is 356 g/mol. The zero-order valence-corrected chi connectivity index (χ0v) is 15.4. The average molecular weight is 356 g/mol. The molecule has 0 radical (unpaired) electrons. The number of hydrogen-bond donors (Lipinski definition) is 0. The molecule has 1 saturated heterocycles. The Morgan fingerprint density at radius 2 is 2.04 bits per heavy atom. The maximum atomic E-state index is 12.4. The molecule has 2 aromatic rings. The molecule has 138 valence electrons. The van der Waals surface area contributed by atoms with E-state index in [2.05, 4.69) is 11.0 Å². The van der Waals surface area contributed by atoms with Gasteiger partial charge in [0.05, 0.1) is 19.2 Å². The molecule has 3 unspecified atom stereocenters. The van der Waals surface area contributed by atoms with Crippen molar-refractivity contribution in [1.29, 1.82) is 0 Å². The molecule has 0 amide bonds. The number of likely N-dealkylation sites (N-methyl/N-ethyl adjacent to an activating group) is 1. The number of ether oxygens (including phenoxy) is 2. The minimum atomic E-state index is -0.358. The van der Waals surface area contributed by atoms with E-state index in [4.69, 9.17) is 9.47 Å². The van der Waals surface area contributed by atoms with Crippen molar-refractivity contribution in [2.24, 2.45) is 5.92 Å². The third-order valence-electron chi connectivity index (χ3n) is 5.88. The van der Waals surface area contributed by atoms with Crippen molar-refractivity contribution in [3.63, 3.8) is 0 Å². The van der Waals surface area contributed by atoms with Crippen molar-refractivity contribution in [3.8, 4) is 0 Å². The summed E-state index contributed by atoms with van der Waals surface area (Å²) in [6, 6.07) is 7.83. The van der Waals surface area contributed by atoms with Crippen LogP contribution in [0.15, 0.2) is 24.3 Å². The van der Waals surface area contributed by atoms with E-state index >= 15 is 0 Å². The minimum absolute atomic E-state index is 0.115. The lowest BCUT2D eigenvalue weighted by Crippen LogP contribution is -2.36. The smallest absolute Gasteiger partial charge is 0.418 e. The number of nitrogens with zero attached hydrogens (tertiary/aromatic N) is 2. The predicted molar refractivity (Wildman–Crippen MR) is 97.1 cm³/mol. The first-order chi connectivity index (χ1) is 12.6. The molecule has 1 aromatic heterocycles. The second-order valence-corrected chi connectivity index (χ2v) is 7.10. The number of esters is 1. The van der Waals surface area contributed by atoms with Gasteiger partial charge in [0.1, 0.15) is 6.04 Å². The van der Waals surface area contributed by atoms with E-state index in [1.165, 1.54) is 7.11 Å². The topological polar surface area (TPSA) is 60.8 Å². The number of aromatic nitrogens is 1. The number of fused-ring (bicyclic) bond motifs is 5. The first-order valence-corrected chi connectivity index (χ1v) is 9.17. The number of carbonyl (C=O) groups is 2. The van der Waals surface area contributed by atoms with Crippen LogP contribution in [0.4, 0.5) is 4.79 Å². The molecular formula is C20H24N2O4. The van der Waals surface area contributed by atoms with Gasteiger partial charge in [-0.05, 0) is 50.8 Å². The highest BCUT2D eigenvalue weighted by atomic mass is 16.5.